The Balaban J connectivity index is 0.000000490. The molecule has 0 aromatic carbocycles. The first-order chi connectivity index (χ1) is 3.21. The van der Waals surface area contributed by atoms with Crippen LogP contribution in [0.3, 0.4) is 0 Å². The van der Waals surface area contributed by atoms with Crippen molar-refractivity contribution in [2.24, 2.45) is 0 Å². The van der Waals surface area contributed by atoms with E-state index in [9.17, 15) is 0 Å². The van der Waals surface area contributed by atoms with E-state index in [1.165, 1.54) is 0 Å². The van der Waals surface area contributed by atoms with Gasteiger partial charge in [-0.2, -0.15) is 0 Å². The van der Waals surface area contributed by atoms with Crippen molar-refractivity contribution in [3.63, 3.8) is 0 Å². The van der Waals surface area contributed by atoms with Gasteiger partial charge in [0, 0.05) is 23.8 Å². The molecule has 0 saturated carbocycles. The van der Waals surface area contributed by atoms with E-state index >= 15 is 0 Å². The Morgan fingerprint density at radius 2 is 2.00 bits per heavy atom. The van der Waals surface area contributed by atoms with Gasteiger partial charge in [0.2, 0.25) is 4.52 Å². The summed E-state index contributed by atoms with van der Waals surface area (Å²) in [6.07, 6.45) is 1.74. The fourth-order valence-electron chi connectivity index (χ4n) is 0.572. The van der Waals surface area contributed by atoms with Crippen molar-refractivity contribution in [3.05, 3.63) is 0 Å². The quantitative estimate of drug-likeness (QED) is 0.534. The van der Waals surface area contributed by atoms with Gasteiger partial charge < -0.3 is 4.74 Å². The van der Waals surface area contributed by atoms with Gasteiger partial charge in [0.15, 0.2) is 0 Å². The van der Waals surface area contributed by atoms with Crippen LogP contribution in [0, 0.1) is 0 Å². The van der Waals surface area contributed by atoms with Crippen LogP contribution in [-0.4, -0.2) is 11.1 Å². The third-order valence-electron chi connectivity index (χ3n) is 0.925. The molecular weight excluding hydrogens is 187 g/mol. The molecule has 0 unspecified atom stereocenters. The topological polar surface area (TPSA) is 9.23 Å². The molecule has 1 aliphatic rings. The Morgan fingerprint density at radius 3 is 2.12 bits per heavy atom. The summed E-state index contributed by atoms with van der Waals surface area (Å²) in [5.74, 6) is 0. The molecular formula is C4H6Cl2CrO. The predicted molar refractivity (Wildman–Crippen MR) is 29.6 cm³/mol. The Hall–Kier alpha value is 1.07. The van der Waals surface area contributed by atoms with Gasteiger partial charge >= 0.3 is 0 Å². The van der Waals surface area contributed by atoms with Crippen LogP contribution in [0.5, 0.6) is 0 Å². The summed E-state index contributed by atoms with van der Waals surface area (Å²) in [7, 11) is 0. The Morgan fingerprint density at radius 1 is 1.38 bits per heavy atom. The van der Waals surface area contributed by atoms with Crippen LogP contribution in [0.4, 0.5) is 0 Å². The minimum absolute atomic E-state index is 0. The van der Waals surface area contributed by atoms with Gasteiger partial charge in [0.05, 0.1) is 6.61 Å². The van der Waals surface area contributed by atoms with Gasteiger partial charge in [-0.05, 0) is 6.42 Å². The van der Waals surface area contributed by atoms with E-state index in [2.05, 4.69) is 0 Å². The van der Waals surface area contributed by atoms with E-state index in [1.54, 1.807) is 0 Å². The monoisotopic (exact) mass is 192 g/mol. The first-order valence-corrected chi connectivity index (χ1v) is 2.98. The minimum Gasteiger partial charge on any atom is -0.347 e. The number of halogens is 2. The minimum atomic E-state index is -0.861. The van der Waals surface area contributed by atoms with Crippen molar-refractivity contribution < 1.29 is 22.1 Å². The van der Waals surface area contributed by atoms with Crippen LogP contribution < -0.4 is 0 Å². The molecule has 8 heavy (non-hydrogen) atoms. The van der Waals surface area contributed by atoms with Crippen LogP contribution in [0.15, 0.2) is 0 Å². The summed E-state index contributed by atoms with van der Waals surface area (Å²) in [4.78, 5) is 0. The summed E-state index contributed by atoms with van der Waals surface area (Å²) in [6, 6.07) is 0. The summed E-state index contributed by atoms with van der Waals surface area (Å²) in [5, 5.41) is 0. The zero-order chi connectivity index (χ0) is 5.33. The van der Waals surface area contributed by atoms with Gasteiger partial charge in [0.1, 0.15) is 0 Å². The maximum Gasteiger partial charge on any atom is 0.217 e. The molecule has 0 aromatic heterocycles. The van der Waals surface area contributed by atoms with E-state index in [4.69, 9.17) is 27.9 Å². The van der Waals surface area contributed by atoms with E-state index in [-0.39, 0.29) is 17.4 Å². The number of alkyl halides is 2. The van der Waals surface area contributed by atoms with Crippen molar-refractivity contribution in [2.75, 3.05) is 6.61 Å². The van der Waals surface area contributed by atoms with E-state index in [0.717, 1.165) is 12.8 Å². The maximum atomic E-state index is 5.51. The van der Waals surface area contributed by atoms with Crippen molar-refractivity contribution in [1.29, 1.82) is 0 Å². The second-order valence-corrected chi connectivity index (χ2v) is 3.00. The Bertz CT molecular complexity index is 68.4. The Labute approximate surface area is 69.4 Å². The average Bonchev–Trinajstić information content (AvgIpc) is 1.84. The molecule has 0 N–H and O–H groups in total. The van der Waals surface area contributed by atoms with E-state index < -0.39 is 4.52 Å². The van der Waals surface area contributed by atoms with E-state index in [1.807, 2.05) is 0 Å². The smallest absolute Gasteiger partial charge is 0.217 e. The molecule has 48 valence electrons. The van der Waals surface area contributed by atoms with Crippen LogP contribution in [-0.2, 0) is 22.1 Å². The van der Waals surface area contributed by atoms with Gasteiger partial charge in [-0.1, -0.05) is 23.2 Å². The predicted octanol–water partition coefficient (Wildman–Crippen LogP) is 1.93. The first-order valence-electron chi connectivity index (χ1n) is 2.22. The molecule has 1 fully saturated rings. The summed E-state index contributed by atoms with van der Waals surface area (Å²) in [5.41, 5.74) is 0. The normalized spacial score (nSPS) is 24.8. The van der Waals surface area contributed by atoms with Crippen LogP contribution in [0.1, 0.15) is 12.8 Å². The van der Waals surface area contributed by atoms with E-state index in [0.29, 0.717) is 6.61 Å². The third-order valence-corrected chi connectivity index (χ3v) is 1.52. The van der Waals surface area contributed by atoms with Crippen molar-refractivity contribution in [3.8, 4) is 0 Å². The second-order valence-electron chi connectivity index (χ2n) is 1.59. The van der Waals surface area contributed by atoms with Crippen molar-refractivity contribution in [1.82, 2.24) is 0 Å². The first kappa shape index (κ1) is 9.07. The molecule has 1 nitrogen and oxygen atoms in total. The summed E-state index contributed by atoms with van der Waals surface area (Å²) < 4.78 is 4.01. The molecule has 0 bridgehead atoms. The van der Waals surface area contributed by atoms with Crippen LogP contribution >= 0.6 is 23.2 Å². The van der Waals surface area contributed by atoms with Crippen molar-refractivity contribution in [2.45, 2.75) is 17.4 Å². The van der Waals surface area contributed by atoms with Gasteiger partial charge in [-0.3, -0.25) is 0 Å². The standard InChI is InChI=1S/C4H6Cl2O.Cr/c5-4(6)2-1-3-7-4;/h1-3H2;. The SMILES string of the molecule is ClC1(Cl)CCCO1.[Cr]. The molecule has 1 heterocycles. The molecule has 1 aliphatic heterocycles. The largest absolute Gasteiger partial charge is 0.347 e. The molecule has 0 spiro atoms. The van der Waals surface area contributed by atoms with Gasteiger partial charge in [-0.15, -0.1) is 0 Å². The number of hydrogen-bond donors (Lipinski definition) is 0. The van der Waals surface area contributed by atoms with Gasteiger partial charge in [-0.25, -0.2) is 0 Å². The molecule has 1 rings (SSSR count). The number of rotatable bonds is 0. The molecule has 0 amide bonds. The molecule has 0 radical (unpaired) electrons. The molecule has 0 aromatic rings. The zero-order valence-corrected chi connectivity index (χ0v) is 6.98. The maximum absolute atomic E-state index is 5.51. The van der Waals surface area contributed by atoms with Crippen molar-refractivity contribution >= 4 is 23.2 Å². The number of hydrogen-bond acceptors (Lipinski definition) is 1. The van der Waals surface area contributed by atoms with Gasteiger partial charge in [0.25, 0.3) is 0 Å². The molecule has 1 saturated heterocycles. The summed E-state index contributed by atoms with van der Waals surface area (Å²) >= 11 is 11.0. The summed E-state index contributed by atoms with van der Waals surface area (Å²) in [6.45, 7) is 0.701. The Kier molecular flexibility index (Phi) is 3.74. The van der Waals surface area contributed by atoms with Crippen LogP contribution in [0.25, 0.3) is 0 Å². The molecule has 0 atom stereocenters. The third kappa shape index (κ3) is 2.57. The van der Waals surface area contributed by atoms with Crippen LogP contribution in [0.2, 0.25) is 0 Å². The fourth-order valence-corrected chi connectivity index (χ4v) is 0.993. The fraction of sp³-hybridized carbons (Fsp3) is 1.00. The molecule has 0 aliphatic carbocycles. The zero-order valence-electron chi connectivity index (χ0n) is 4.19. The number of ether oxygens (including phenoxy) is 1. The molecule has 4 heteroatoms. The second kappa shape index (κ2) is 3.29. The average molecular weight is 193 g/mol.